The zero-order valence-electron chi connectivity index (χ0n) is 10.6. The Kier molecular flexibility index (Phi) is 4.59. The minimum Gasteiger partial charge on any atom is -0.468 e. The van der Waals surface area contributed by atoms with Gasteiger partial charge in [-0.2, -0.15) is 0 Å². The number of carbonyl (C=O) groups is 1. The third kappa shape index (κ3) is 4.04. The molecule has 0 bridgehead atoms. The Balaban J connectivity index is 1.73. The van der Waals surface area contributed by atoms with E-state index in [0.29, 0.717) is 17.9 Å². The minimum atomic E-state index is -0.311. The quantitative estimate of drug-likeness (QED) is 0.424. The Labute approximate surface area is 107 Å². The second kappa shape index (κ2) is 6.40. The number of benzene rings is 1. The van der Waals surface area contributed by atoms with E-state index in [2.05, 4.69) is 0 Å². The summed E-state index contributed by atoms with van der Waals surface area (Å²) in [6, 6.07) is 6.86. The summed E-state index contributed by atoms with van der Waals surface area (Å²) in [6.07, 6.45) is 2.54. The number of carbonyl (C=O) groups excluding carboxylic acids is 1. The van der Waals surface area contributed by atoms with Gasteiger partial charge in [0, 0.05) is 0 Å². The van der Waals surface area contributed by atoms with Crippen LogP contribution in [0.4, 0.5) is 0 Å². The van der Waals surface area contributed by atoms with E-state index in [4.69, 9.17) is 14.2 Å². The van der Waals surface area contributed by atoms with E-state index >= 15 is 0 Å². The lowest BCUT2D eigenvalue weighted by molar-refractivity contribution is 0.00997. The summed E-state index contributed by atoms with van der Waals surface area (Å²) in [7, 11) is 0. The van der Waals surface area contributed by atoms with Crippen molar-refractivity contribution in [2.24, 2.45) is 5.92 Å². The monoisotopic (exact) mass is 250 g/mol. The van der Waals surface area contributed by atoms with Crippen molar-refractivity contribution in [2.45, 2.75) is 19.8 Å². The number of hydrogen-bond acceptors (Lipinski definition) is 4. The number of hydrogen-bond donors (Lipinski definition) is 0. The molecule has 1 aliphatic rings. The largest absolute Gasteiger partial charge is 0.468 e. The second-order valence-electron chi connectivity index (χ2n) is 4.32. The first-order valence-corrected chi connectivity index (χ1v) is 6.27. The van der Waals surface area contributed by atoms with Crippen LogP contribution < -0.4 is 4.74 Å². The van der Waals surface area contributed by atoms with Crippen molar-refractivity contribution in [2.75, 3.05) is 20.0 Å². The molecule has 0 atom stereocenters. The molecule has 4 nitrogen and oxygen atoms in total. The van der Waals surface area contributed by atoms with E-state index in [9.17, 15) is 4.79 Å². The van der Waals surface area contributed by atoms with Gasteiger partial charge in [-0.25, -0.2) is 4.79 Å². The molecule has 1 fully saturated rings. The maximum absolute atomic E-state index is 11.4. The topological polar surface area (TPSA) is 44.8 Å². The van der Waals surface area contributed by atoms with Crippen LogP contribution in [0.15, 0.2) is 24.3 Å². The molecule has 2 rings (SSSR count). The molecule has 1 aliphatic carbocycles. The lowest BCUT2D eigenvalue weighted by Gasteiger charge is -2.07. The van der Waals surface area contributed by atoms with Gasteiger partial charge in [0.2, 0.25) is 0 Å². The molecule has 0 aliphatic heterocycles. The van der Waals surface area contributed by atoms with Crippen molar-refractivity contribution in [3.8, 4) is 5.75 Å². The SMILES string of the molecule is CCOC(=O)c1ccc(OCOCC2CC2)cc1. The molecule has 0 spiro atoms. The molecule has 0 N–H and O–H groups in total. The molecular formula is C14H18O4. The Morgan fingerprint density at radius 1 is 1.28 bits per heavy atom. The van der Waals surface area contributed by atoms with Crippen molar-refractivity contribution in [1.82, 2.24) is 0 Å². The van der Waals surface area contributed by atoms with Gasteiger partial charge in [0.1, 0.15) is 5.75 Å². The molecule has 0 unspecified atom stereocenters. The van der Waals surface area contributed by atoms with Crippen LogP contribution in [0, 0.1) is 5.92 Å². The summed E-state index contributed by atoms with van der Waals surface area (Å²) in [4.78, 5) is 11.4. The third-order valence-corrected chi connectivity index (χ3v) is 2.72. The average molecular weight is 250 g/mol. The Morgan fingerprint density at radius 3 is 2.61 bits per heavy atom. The number of rotatable bonds is 7. The van der Waals surface area contributed by atoms with E-state index in [1.807, 2.05) is 0 Å². The fraction of sp³-hybridized carbons (Fsp3) is 0.500. The summed E-state index contributed by atoms with van der Waals surface area (Å²) < 4.78 is 15.7. The van der Waals surface area contributed by atoms with E-state index < -0.39 is 0 Å². The van der Waals surface area contributed by atoms with Crippen molar-refractivity contribution in [1.29, 1.82) is 0 Å². The normalized spacial score (nSPS) is 14.3. The summed E-state index contributed by atoms with van der Waals surface area (Å²) in [5.41, 5.74) is 0.531. The van der Waals surface area contributed by atoms with Crippen LogP contribution in [0.1, 0.15) is 30.1 Å². The minimum absolute atomic E-state index is 0.259. The summed E-state index contributed by atoms with van der Waals surface area (Å²) in [6.45, 7) is 3.20. The summed E-state index contributed by atoms with van der Waals surface area (Å²) in [5, 5.41) is 0. The summed E-state index contributed by atoms with van der Waals surface area (Å²) in [5.74, 6) is 1.12. The first-order valence-electron chi connectivity index (χ1n) is 6.27. The highest BCUT2D eigenvalue weighted by Gasteiger charge is 2.21. The lowest BCUT2D eigenvalue weighted by Crippen LogP contribution is -2.06. The maximum atomic E-state index is 11.4. The van der Waals surface area contributed by atoms with Crippen LogP contribution in [0.2, 0.25) is 0 Å². The molecule has 0 aromatic heterocycles. The van der Waals surface area contributed by atoms with Crippen molar-refractivity contribution in [3.63, 3.8) is 0 Å². The van der Waals surface area contributed by atoms with Crippen LogP contribution in [0.5, 0.6) is 5.75 Å². The Morgan fingerprint density at radius 2 is 2.00 bits per heavy atom. The van der Waals surface area contributed by atoms with Gasteiger partial charge in [-0.1, -0.05) is 0 Å². The number of esters is 1. The molecule has 0 saturated heterocycles. The molecule has 18 heavy (non-hydrogen) atoms. The summed E-state index contributed by atoms with van der Waals surface area (Å²) >= 11 is 0. The maximum Gasteiger partial charge on any atom is 0.338 e. The zero-order chi connectivity index (χ0) is 12.8. The van der Waals surface area contributed by atoms with Gasteiger partial charge < -0.3 is 14.2 Å². The van der Waals surface area contributed by atoms with Crippen molar-refractivity contribution in [3.05, 3.63) is 29.8 Å². The van der Waals surface area contributed by atoms with Gasteiger partial charge in [-0.05, 0) is 49.9 Å². The van der Waals surface area contributed by atoms with Crippen molar-refractivity contribution < 1.29 is 19.0 Å². The molecule has 1 saturated carbocycles. The first kappa shape index (κ1) is 12.9. The predicted octanol–water partition coefficient (Wildman–Crippen LogP) is 2.63. The first-order chi connectivity index (χ1) is 8.79. The van der Waals surface area contributed by atoms with Gasteiger partial charge in [-0.3, -0.25) is 0 Å². The lowest BCUT2D eigenvalue weighted by atomic mass is 10.2. The van der Waals surface area contributed by atoms with Crippen LogP contribution >= 0.6 is 0 Å². The molecule has 1 aromatic carbocycles. The predicted molar refractivity (Wildman–Crippen MR) is 66.6 cm³/mol. The van der Waals surface area contributed by atoms with E-state index in [1.54, 1.807) is 31.2 Å². The van der Waals surface area contributed by atoms with Gasteiger partial charge in [-0.15, -0.1) is 0 Å². The second-order valence-corrected chi connectivity index (χ2v) is 4.32. The van der Waals surface area contributed by atoms with Crippen LogP contribution in [-0.4, -0.2) is 26.0 Å². The van der Waals surface area contributed by atoms with Gasteiger partial charge in [0.25, 0.3) is 0 Å². The smallest absolute Gasteiger partial charge is 0.338 e. The molecular weight excluding hydrogens is 232 g/mol. The van der Waals surface area contributed by atoms with E-state index in [0.717, 1.165) is 12.5 Å². The Hall–Kier alpha value is -1.55. The fourth-order valence-corrected chi connectivity index (χ4v) is 1.51. The zero-order valence-corrected chi connectivity index (χ0v) is 10.6. The van der Waals surface area contributed by atoms with Crippen molar-refractivity contribution >= 4 is 5.97 Å². The molecule has 4 heteroatoms. The third-order valence-electron chi connectivity index (χ3n) is 2.72. The van der Waals surface area contributed by atoms with Gasteiger partial charge in [0.15, 0.2) is 6.79 Å². The molecule has 98 valence electrons. The molecule has 0 heterocycles. The highest BCUT2D eigenvalue weighted by Crippen LogP contribution is 2.28. The molecule has 0 amide bonds. The number of ether oxygens (including phenoxy) is 3. The Bertz CT molecular complexity index is 381. The molecule has 0 radical (unpaired) electrons. The van der Waals surface area contributed by atoms with Crippen LogP contribution in [-0.2, 0) is 9.47 Å². The average Bonchev–Trinajstić information content (AvgIpc) is 3.20. The van der Waals surface area contributed by atoms with Crippen LogP contribution in [0.25, 0.3) is 0 Å². The standard InChI is InChI=1S/C14H18O4/c1-2-17-14(15)12-5-7-13(8-6-12)18-10-16-9-11-3-4-11/h5-8,11H,2-4,9-10H2,1H3. The van der Waals surface area contributed by atoms with E-state index in [1.165, 1.54) is 12.8 Å². The van der Waals surface area contributed by atoms with Gasteiger partial charge in [0.05, 0.1) is 18.8 Å². The highest BCUT2D eigenvalue weighted by molar-refractivity contribution is 5.89. The molecule has 1 aromatic rings. The fourth-order valence-electron chi connectivity index (χ4n) is 1.51. The van der Waals surface area contributed by atoms with Gasteiger partial charge >= 0.3 is 5.97 Å². The van der Waals surface area contributed by atoms with Crippen LogP contribution in [0.3, 0.4) is 0 Å². The van der Waals surface area contributed by atoms with E-state index in [-0.39, 0.29) is 12.8 Å². The highest BCUT2D eigenvalue weighted by atomic mass is 16.7.